The van der Waals surface area contributed by atoms with Crippen LogP contribution in [0.15, 0.2) is 30.5 Å². The van der Waals surface area contributed by atoms with E-state index in [2.05, 4.69) is 25.1 Å². The Labute approximate surface area is 150 Å². The third-order valence-corrected chi connectivity index (χ3v) is 4.83. The number of nitrogens with zero attached hydrogens (tertiary/aromatic N) is 3. The van der Waals surface area contributed by atoms with E-state index >= 15 is 0 Å². The van der Waals surface area contributed by atoms with E-state index in [9.17, 15) is 13.2 Å². The van der Waals surface area contributed by atoms with E-state index in [1.54, 1.807) is 24.4 Å². The monoisotopic (exact) mass is 373 g/mol. The van der Waals surface area contributed by atoms with E-state index in [0.29, 0.717) is 30.1 Å². The lowest BCUT2D eigenvalue weighted by Gasteiger charge is -2.12. The van der Waals surface area contributed by atoms with Crippen LogP contribution in [0.1, 0.15) is 23.9 Å². The van der Waals surface area contributed by atoms with Crippen LogP contribution in [0.3, 0.4) is 0 Å². The summed E-state index contributed by atoms with van der Waals surface area (Å²) in [7, 11) is 0. The molecule has 3 aromatic heterocycles. The molecule has 2 N–H and O–H groups in total. The lowest BCUT2D eigenvalue weighted by atomic mass is 10.0. The van der Waals surface area contributed by atoms with Gasteiger partial charge in [-0.25, -0.2) is 9.97 Å². The highest BCUT2D eigenvalue weighted by Gasteiger charge is 2.37. The van der Waals surface area contributed by atoms with Crippen LogP contribution in [0.25, 0.3) is 33.2 Å². The third-order valence-electron chi connectivity index (χ3n) is 4.83. The standard InChI is InChI=1S/C18H14F3N5O/c19-18(20,21)15-12(9-1-2-13-11(5-9)7-22-26-13)6-14-17(24-15)25-16(23-14)10-3-4-27-8-10/h1-2,5-7,10H,3-4,8H2,(H,22,26)(H,23,24,25). The number of benzene rings is 1. The Bertz CT molecular complexity index is 1140. The fourth-order valence-corrected chi connectivity index (χ4v) is 3.45. The van der Waals surface area contributed by atoms with E-state index in [-0.39, 0.29) is 17.1 Å². The van der Waals surface area contributed by atoms with Gasteiger partial charge >= 0.3 is 6.18 Å². The number of ether oxygens (including phenoxy) is 1. The van der Waals surface area contributed by atoms with Crippen LogP contribution in [-0.4, -0.2) is 38.4 Å². The van der Waals surface area contributed by atoms with E-state index in [4.69, 9.17) is 4.74 Å². The molecule has 0 bridgehead atoms. The Morgan fingerprint density at radius 2 is 2.00 bits per heavy atom. The molecule has 1 fully saturated rings. The molecule has 1 unspecified atom stereocenters. The molecule has 27 heavy (non-hydrogen) atoms. The second kappa shape index (κ2) is 5.78. The number of hydrogen-bond donors (Lipinski definition) is 2. The van der Waals surface area contributed by atoms with Crippen LogP contribution < -0.4 is 0 Å². The Kier molecular flexibility index (Phi) is 3.48. The van der Waals surface area contributed by atoms with Gasteiger partial charge in [0.15, 0.2) is 11.3 Å². The van der Waals surface area contributed by atoms with E-state index < -0.39 is 11.9 Å². The van der Waals surface area contributed by atoms with Crippen LogP contribution in [0, 0.1) is 0 Å². The maximum Gasteiger partial charge on any atom is 0.434 e. The predicted octanol–water partition coefficient (Wildman–Crippen LogP) is 4.02. The highest BCUT2D eigenvalue weighted by Crippen LogP contribution is 2.38. The van der Waals surface area contributed by atoms with Crippen molar-refractivity contribution in [1.29, 1.82) is 0 Å². The van der Waals surface area contributed by atoms with Crippen LogP contribution in [0.4, 0.5) is 13.2 Å². The van der Waals surface area contributed by atoms with Crippen LogP contribution >= 0.6 is 0 Å². The Morgan fingerprint density at radius 1 is 1.11 bits per heavy atom. The summed E-state index contributed by atoms with van der Waals surface area (Å²) in [6.45, 7) is 1.13. The summed E-state index contributed by atoms with van der Waals surface area (Å²) in [5, 5.41) is 7.44. The molecule has 0 saturated carbocycles. The van der Waals surface area contributed by atoms with Crippen molar-refractivity contribution in [2.45, 2.75) is 18.5 Å². The first-order valence-corrected chi connectivity index (χ1v) is 8.48. The molecule has 0 amide bonds. The second-order valence-corrected chi connectivity index (χ2v) is 6.61. The van der Waals surface area contributed by atoms with Gasteiger partial charge in [0.2, 0.25) is 0 Å². The zero-order chi connectivity index (χ0) is 18.6. The first kappa shape index (κ1) is 16.2. The number of pyridine rings is 1. The van der Waals surface area contributed by atoms with E-state index in [1.165, 1.54) is 6.07 Å². The van der Waals surface area contributed by atoms with Crippen molar-refractivity contribution in [1.82, 2.24) is 25.1 Å². The van der Waals surface area contributed by atoms with Crippen LogP contribution in [-0.2, 0) is 10.9 Å². The summed E-state index contributed by atoms with van der Waals surface area (Å²) in [5.74, 6) is 0.671. The quantitative estimate of drug-likeness (QED) is 0.556. The SMILES string of the molecule is FC(F)(F)c1nc2nc(C3CCOC3)[nH]c2cc1-c1ccc2[nH]ncc2c1. The van der Waals surface area contributed by atoms with Gasteiger partial charge in [-0.15, -0.1) is 0 Å². The number of imidazole rings is 1. The van der Waals surface area contributed by atoms with Crippen molar-refractivity contribution in [2.24, 2.45) is 0 Å². The number of fused-ring (bicyclic) bond motifs is 2. The maximum atomic E-state index is 13.7. The van der Waals surface area contributed by atoms with E-state index in [1.807, 2.05) is 0 Å². The molecule has 6 nitrogen and oxygen atoms in total. The van der Waals surface area contributed by atoms with Crippen molar-refractivity contribution in [3.63, 3.8) is 0 Å². The molecule has 1 aliphatic rings. The third kappa shape index (κ3) is 2.74. The van der Waals surface area contributed by atoms with Gasteiger partial charge in [0.1, 0.15) is 5.82 Å². The van der Waals surface area contributed by atoms with Gasteiger partial charge in [-0.1, -0.05) is 6.07 Å². The summed E-state index contributed by atoms with van der Waals surface area (Å²) in [6.07, 6.45) is -2.23. The summed E-state index contributed by atoms with van der Waals surface area (Å²) in [5.41, 5.74) is 0.788. The number of aromatic amines is 2. The van der Waals surface area contributed by atoms with Gasteiger partial charge in [0.25, 0.3) is 0 Å². The number of hydrogen-bond acceptors (Lipinski definition) is 4. The number of H-pyrrole nitrogens is 2. The molecule has 4 heterocycles. The van der Waals surface area contributed by atoms with Crippen molar-refractivity contribution < 1.29 is 17.9 Å². The van der Waals surface area contributed by atoms with Crippen LogP contribution in [0.2, 0.25) is 0 Å². The number of aromatic nitrogens is 5. The fraction of sp³-hybridized carbons (Fsp3) is 0.278. The molecular formula is C18H14F3N5O. The lowest BCUT2D eigenvalue weighted by Crippen LogP contribution is -2.10. The maximum absolute atomic E-state index is 13.7. The molecule has 138 valence electrons. The molecule has 5 rings (SSSR count). The van der Waals surface area contributed by atoms with Gasteiger partial charge in [0, 0.05) is 23.5 Å². The average Bonchev–Trinajstić information content (AvgIpc) is 3.37. The van der Waals surface area contributed by atoms with Gasteiger partial charge in [0.05, 0.1) is 23.8 Å². The summed E-state index contributed by atoms with van der Waals surface area (Å²) < 4.78 is 46.4. The predicted molar refractivity (Wildman–Crippen MR) is 92.2 cm³/mol. The fourth-order valence-electron chi connectivity index (χ4n) is 3.45. The molecule has 4 aromatic rings. The van der Waals surface area contributed by atoms with Crippen molar-refractivity contribution in [3.8, 4) is 11.1 Å². The molecule has 9 heteroatoms. The first-order valence-electron chi connectivity index (χ1n) is 8.48. The summed E-state index contributed by atoms with van der Waals surface area (Å²) >= 11 is 0. The second-order valence-electron chi connectivity index (χ2n) is 6.61. The Morgan fingerprint density at radius 3 is 2.78 bits per heavy atom. The average molecular weight is 373 g/mol. The highest BCUT2D eigenvalue weighted by atomic mass is 19.4. The van der Waals surface area contributed by atoms with E-state index in [0.717, 1.165) is 17.3 Å². The number of alkyl halides is 3. The minimum atomic E-state index is -4.59. The first-order chi connectivity index (χ1) is 13.0. The number of nitrogens with one attached hydrogen (secondary N) is 2. The zero-order valence-corrected chi connectivity index (χ0v) is 14.0. The molecule has 1 atom stereocenters. The summed E-state index contributed by atoms with van der Waals surface area (Å²) in [4.78, 5) is 11.3. The summed E-state index contributed by atoms with van der Waals surface area (Å²) in [6, 6.07) is 6.47. The lowest BCUT2D eigenvalue weighted by molar-refractivity contribution is -0.140. The normalized spacial score (nSPS) is 18.0. The smallest absolute Gasteiger partial charge is 0.381 e. The highest BCUT2D eigenvalue weighted by molar-refractivity contribution is 5.87. The van der Waals surface area contributed by atoms with Crippen molar-refractivity contribution in [2.75, 3.05) is 13.2 Å². The molecule has 1 aromatic carbocycles. The van der Waals surface area contributed by atoms with Crippen LogP contribution in [0.5, 0.6) is 0 Å². The topological polar surface area (TPSA) is 79.5 Å². The van der Waals surface area contributed by atoms with Gasteiger partial charge in [-0.05, 0) is 30.2 Å². The van der Waals surface area contributed by atoms with Crippen molar-refractivity contribution in [3.05, 3.63) is 42.0 Å². The minimum absolute atomic E-state index is 0.0102. The molecular weight excluding hydrogens is 359 g/mol. The Balaban J connectivity index is 1.70. The molecule has 0 radical (unpaired) electrons. The minimum Gasteiger partial charge on any atom is -0.381 e. The Hall–Kier alpha value is -2.94. The largest absolute Gasteiger partial charge is 0.434 e. The molecule has 1 aliphatic heterocycles. The molecule has 1 saturated heterocycles. The zero-order valence-electron chi connectivity index (χ0n) is 14.0. The number of rotatable bonds is 2. The van der Waals surface area contributed by atoms with Gasteiger partial charge in [-0.2, -0.15) is 18.3 Å². The molecule has 0 aliphatic carbocycles. The van der Waals surface area contributed by atoms with Crippen molar-refractivity contribution >= 4 is 22.1 Å². The van der Waals surface area contributed by atoms with Gasteiger partial charge in [-0.3, -0.25) is 5.10 Å². The molecule has 0 spiro atoms. The van der Waals surface area contributed by atoms with Gasteiger partial charge < -0.3 is 9.72 Å². The number of halogens is 3.